The Kier molecular flexibility index (Phi) is 5.33. The molecule has 0 atom stereocenters. The lowest BCUT2D eigenvalue weighted by Crippen LogP contribution is -2.43. The topological polar surface area (TPSA) is 81.9 Å². The number of hydrogen-bond acceptors (Lipinski definition) is 6. The highest BCUT2D eigenvalue weighted by Gasteiger charge is 2.16. The molecule has 4 aromatic rings. The van der Waals surface area contributed by atoms with E-state index in [1.54, 1.807) is 4.68 Å². The van der Waals surface area contributed by atoms with Crippen LogP contribution in [0.3, 0.4) is 0 Å². The molecule has 1 saturated heterocycles. The maximum absolute atomic E-state index is 9.03. The summed E-state index contributed by atoms with van der Waals surface area (Å²) in [7, 11) is 1.91. The molecule has 7 heteroatoms. The maximum atomic E-state index is 9.03. The largest absolute Gasteiger partial charge is 0.354 e. The number of aryl methyl sites for hydroxylation is 2. The van der Waals surface area contributed by atoms with E-state index in [0.29, 0.717) is 5.71 Å². The Bertz CT molecular complexity index is 1270. The van der Waals surface area contributed by atoms with Crippen molar-refractivity contribution in [2.75, 3.05) is 36.4 Å². The van der Waals surface area contributed by atoms with Gasteiger partial charge in [0.15, 0.2) is 0 Å². The van der Waals surface area contributed by atoms with Crippen LogP contribution in [0.5, 0.6) is 0 Å². The lowest BCUT2D eigenvalue weighted by molar-refractivity contribution is 0.585. The summed E-state index contributed by atoms with van der Waals surface area (Å²) < 4.78 is 1.79. The molecule has 0 radical (unpaired) electrons. The van der Waals surface area contributed by atoms with E-state index in [2.05, 4.69) is 50.7 Å². The predicted octanol–water partition coefficient (Wildman–Crippen LogP) is 3.85. The summed E-state index contributed by atoms with van der Waals surface area (Å²) >= 11 is 0. The molecular weight excluding hydrogens is 398 g/mol. The van der Waals surface area contributed by atoms with Crippen molar-refractivity contribution in [3.05, 3.63) is 77.6 Å². The summed E-state index contributed by atoms with van der Waals surface area (Å²) in [6.07, 6.45) is 3.85. The van der Waals surface area contributed by atoms with Crippen LogP contribution in [0.4, 0.5) is 17.2 Å². The Morgan fingerprint density at radius 1 is 1.03 bits per heavy atom. The van der Waals surface area contributed by atoms with Gasteiger partial charge in [-0.3, -0.25) is 10.1 Å². The predicted molar refractivity (Wildman–Crippen MR) is 130 cm³/mol. The van der Waals surface area contributed by atoms with Crippen molar-refractivity contribution >= 4 is 33.8 Å². The molecule has 0 saturated carbocycles. The van der Waals surface area contributed by atoms with Gasteiger partial charge in [0, 0.05) is 55.9 Å². The average molecular weight is 426 g/mol. The fourth-order valence-electron chi connectivity index (χ4n) is 4.25. The number of benzene rings is 2. The number of nitrogens with one attached hydrogen (secondary N) is 3. The third-order valence-electron chi connectivity index (χ3n) is 5.93. The molecule has 1 fully saturated rings. The van der Waals surface area contributed by atoms with Crippen LogP contribution in [0.1, 0.15) is 16.7 Å². The quantitative estimate of drug-likeness (QED) is 0.423. The van der Waals surface area contributed by atoms with Gasteiger partial charge in [0.1, 0.15) is 5.82 Å². The Balaban J connectivity index is 1.46. The number of hydrogen-bond donors (Lipinski definition) is 3. The first-order chi connectivity index (χ1) is 15.6. The van der Waals surface area contributed by atoms with Crippen LogP contribution in [-0.2, 0) is 7.05 Å². The molecule has 5 rings (SSSR count). The smallest absolute Gasteiger partial charge is 0.128 e. The van der Waals surface area contributed by atoms with E-state index in [1.165, 1.54) is 0 Å². The van der Waals surface area contributed by atoms with Crippen LogP contribution in [-0.4, -0.2) is 46.7 Å². The second-order valence-electron chi connectivity index (χ2n) is 8.18. The molecule has 0 unspecified atom stereocenters. The molecule has 7 nitrogen and oxygen atoms in total. The van der Waals surface area contributed by atoms with E-state index in [-0.39, 0.29) is 0 Å². The van der Waals surface area contributed by atoms with Gasteiger partial charge >= 0.3 is 0 Å². The zero-order valence-corrected chi connectivity index (χ0v) is 18.4. The molecule has 3 heterocycles. The van der Waals surface area contributed by atoms with Gasteiger partial charge < -0.3 is 15.5 Å². The minimum Gasteiger partial charge on any atom is -0.354 e. The average Bonchev–Trinajstić information content (AvgIpc) is 3.21. The monoisotopic (exact) mass is 425 g/mol. The van der Waals surface area contributed by atoms with Gasteiger partial charge in [-0.1, -0.05) is 30.3 Å². The number of fused-ring (bicyclic) bond motifs is 1. The first-order valence-corrected chi connectivity index (χ1v) is 10.9. The van der Waals surface area contributed by atoms with Crippen molar-refractivity contribution in [2.24, 2.45) is 7.05 Å². The zero-order valence-electron chi connectivity index (χ0n) is 18.4. The van der Waals surface area contributed by atoms with E-state index in [1.807, 2.05) is 49.8 Å². The molecule has 2 aromatic carbocycles. The fourth-order valence-corrected chi connectivity index (χ4v) is 4.25. The molecule has 1 aliphatic heterocycles. The highest BCUT2D eigenvalue weighted by molar-refractivity contribution is 6.20. The molecule has 1 aliphatic rings. The third-order valence-corrected chi connectivity index (χ3v) is 5.93. The highest BCUT2D eigenvalue weighted by Crippen LogP contribution is 2.29. The summed E-state index contributed by atoms with van der Waals surface area (Å²) in [4.78, 5) is 6.97. The normalized spacial score (nSPS) is 14.0. The zero-order chi connectivity index (χ0) is 22.1. The number of nitrogens with zero attached hydrogens (tertiary/aromatic N) is 4. The van der Waals surface area contributed by atoms with E-state index < -0.39 is 0 Å². The molecule has 0 spiro atoms. The van der Waals surface area contributed by atoms with Crippen molar-refractivity contribution in [3.8, 4) is 0 Å². The van der Waals surface area contributed by atoms with Crippen molar-refractivity contribution in [3.63, 3.8) is 0 Å². The number of para-hydroxylation sites is 1. The molecular formula is C25H27N7. The fraction of sp³-hybridized carbons (Fsp3) is 0.240. The van der Waals surface area contributed by atoms with E-state index in [9.17, 15) is 0 Å². The first-order valence-electron chi connectivity index (χ1n) is 10.9. The van der Waals surface area contributed by atoms with Crippen molar-refractivity contribution in [2.45, 2.75) is 6.92 Å². The summed E-state index contributed by atoms with van der Waals surface area (Å²) in [6.45, 7) is 5.98. The molecule has 2 aromatic heterocycles. The lowest BCUT2D eigenvalue weighted by atomic mass is 9.96. The van der Waals surface area contributed by atoms with Crippen LogP contribution in [0.25, 0.3) is 10.9 Å². The minimum absolute atomic E-state index is 0.472. The molecule has 32 heavy (non-hydrogen) atoms. The third kappa shape index (κ3) is 3.83. The number of rotatable bonds is 5. The first kappa shape index (κ1) is 20.2. The Hall–Kier alpha value is -3.71. The van der Waals surface area contributed by atoms with Crippen molar-refractivity contribution in [1.82, 2.24) is 20.1 Å². The summed E-state index contributed by atoms with van der Waals surface area (Å²) in [5.41, 5.74) is 6.01. The molecule has 3 N–H and O–H groups in total. The van der Waals surface area contributed by atoms with Crippen LogP contribution >= 0.6 is 0 Å². The van der Waals surface area contributed by atoms with Gasteiger partial charge in [-0.05, 0) is 30.7 Å². The second-order valence-corrected chi connectivity index (χ2v) is 8.18. The van der Waals surface area contributed by atoms with Crippen molar-refractivity contribution in [1.29, 1.82) is 5.41 Å². The van der Waals surface area contributed by atoms with Crippen LogP contribution in [0.2, 0.25) is 0 Å². The highest BCUT2D eigenvalue weighted by atomic mass is 15.2. The Morgan fingerprint density at radius 3 is 2.59 bits per heavy atom. The van der Waals surface area contributed by atoms with Gasteiger partial charge in [-0.25, -0.2) is 4.98 Å². The number of piperazine rings is 1. The van der Waals surface area contributed by atoms with Gasteiger partial charge in [0.05, 0.1) is 28.8 Å². The summed E-state index contributed by atoms with van der Waals surface area (Å²) in [5.74, 6) is 0.998. The maximum Gasteiger partial charge on any atom is 0.128 e. The molecule has 162 valence electrons. The summed E-state index contributed by atoms with van der Waals surface area (Å²) in [5, 5.41) is 21.4. The van der Waals surface area contributed by atoms with Gasteiger partial charge in [0.2, 0.25) is 0 Å². The van der Waals surface area contributed by atoms with Gasteiger partial charge in [0.25, 0.3) is 0 Å². The van der Waals surface area contributed by atoms with Gasteiger partial charge in [-0.2, -0.15) is 5.10 Å². The Morgan fingerprint density at radius 2 is 1.81 bits per heavy atom. The molecule has 0 amide bonds. The van der Waals surface area contributed by atoms with Gasteiger partial charge in [-0.15, -0.1) is 0 Å². The van der Waals surface area contributed by atoms with Crippen LogP contribution in [0, 0.1) is 12.3 Å². The standard InChI is InChI=1S/C25H27N7/c1-17-5-3-7-20(24(26)19-6-4-8-22-21(19)16-31(2)30-22)25(17)29-18-9-10-23(28-15-18)32-13-11-27-12-14-32/h3-10,15-16,26-27,29H,11-14H2,1-2H3. The molecule has 0 bridgehead atoms. The number of anilines is 3. The molecule has 0 aliphatic carbocycles. The van der Waals surface area contributed by atoms with E-state index >= 15 is 0 Å². The van der Waals surface area contributed by atoms with E-state index in [4.69, 9.17) is 5.41 Å². The summed E-state index contributed by atoms with van der Waals surface area (Å²) in [6, 6.07) is 16.1. The van der Waals surface area contributed by atoms with Crippen LogP contribution < -0.4 is 15.5 Å². The van der Waals surface area contributed by atoms with Crippen LogP contribution in [0.15, 0.2) is 60.9 Å². The van der Waals surface area contributed by atoms with Crippen molar-refractivity contribution < 1.29 is 0 Å². The second kappa shape index (κ2) is 8.43. The number of aromatic nitrogens is 3. The number of pyridine rings is 1. The Labute approximate surface area is 187 Å². The minimum atomic E-state index is 0.472. The SMILES string of the molecule is Cc1cccc(C(=N)c2cccc3nn(C)cc23)c1Nc1ccc(N2CCNCC2)nc1. The lowest BCUT2D eigenvalue weighted by Gasteiger charge is -2.28. The van der Waals surface area contributed by atoms with E-state index in [0.717, 1.165) is 71.0 Å².